The largest absolute Gasteiger partial charge is 0.371 e. The van der Waals surface area contributed by atoms with Crippen molar-refractivity contribution in [1.82, 2.24) is 14.5 Å². The van der Waals surface area contributed by atoms with Gasteiger partial charge in [0.2, 0.25) is 0 Å². The average Bonchev–Trinajstić information content (AvgIpc) is 3.30. The van der Waals surface area contributed by atoms with Gasteiger partial charge in [0.1, 0.15) is 0 Å². The molecule has 0 N–H and O–H groups in total. The van der Waals surface area contributed by atoms with Crippen LogP contribution in [0.5, 0.6) is 0 Å². The summed E-state index contributed by atoms with van der Waals surface area (Å²) in [6.07, 6.45) is 6.54. The van der Waals surface area contributed by atoms with Crippen molar-refractivity contribution in [3.05, 3.63) is 52.0 Å². The zero-order valence-electron chi connectivity index (χ0n) is 12.8. The van der Waals surface area contributed by atoms with E-state index in [1.807, 2.05) is 30.7 Å². The SMILES string of the molecule is Clc1ccc([C@H]2CN(Cc3cncn3C3CC3)CCO2)cc1Cl. The van der Waals surface area contributed by atoms with E-state index in [0.29, 0.717) is 16.1 Å². The van der Waals surface area contributed by atoms with Gasteiger partial charge in [-0.25, -0.2) is 4.98 Å². The van der Waals surface area contributed by atoms with E-state index in [1.54, 1.807) is 0 Å². The smallest absolute Gasteiger partial charge is 0.0953 e. The molecule has 1 aromatic heterocycles. The molecule has 2 fully saturated rings. The van der Waals surface area contributed by atoms with Gasteiger partial charge in [0.05, 0.1) is 34.8 Å². The summed E-state index contributed by atoms with van der Waals surface area (Å²) in [5.41, 5.74) is 2.38. The van der Waals surface area contributed by atoms with Crippen LogP contribution >= 0.6 is 23.2 Å². The van der Waals surface area contributed by atoms with E-state index in [-0.39, 0.29) is 6.10 Å². The third-order valence-corrected chi connectivity index (χ3v) is 5.28. The van der Waals surface area contributed by atoms with Crippen molar-refractivity contribution in [2.45, 2.75) is 31.5 Å². The average molecular weight is 352 g/mol. The molecular weight excluding hydrogens is 333 g/mol. The first kappa shape index (κ1) is 15.5. The highest BCUT2D eigenvalue weighted by molar-refractivity contribution is 6.42. The Bertz CT molecular complexity index is 699. The van der Waals surface area contributed by atoms with E-state index in [4.69, 9.17) is 27.9 Å². The highest BCUT2D eigenvalue weighted by atomic mass is 35.5. The number of ether oxygens (including phenoxy) is 1. The fraction of sp³-hybridized carbons (Fsp3) is 0.471. The van der Waals surface area contributed by atoms with Gasteiger partial charge in [-0.15, -0.1) is 0 Å². The first-order chi connectivity index (χ1) is 11.2. The molecule has 2 aliphatic rings. The zero-order valence-corrected chi connectivity index (χ0v) is 14.3. The van der Waals surface area contributed by atoms with Crippen LogP contribution in [-0.2, 0) is 11.3 Å². The summed E-state index contributed by atoms with van der Waals surface area (Å²) in [5.74, 6) is 0. The Balaban J connectivity index is 1.46. The monoisotopic (exact) mass is 351 g/mol. The number of hydrogen-bond acceptors (Lipinski definition) is 3. The molecule has 0 amide bonds. The minimum Gasteiger partial charge on any atom is -0.371 e. The third kappa shape index (κ3) is 3.41. The fourth-order valence-electron chi connectivity index (χ4n) is 3.13. The topological polar surface area (TPSA) is 30.3 Å². The number of aromatic nitrogens is 2. The summed E-state index contributed by atoms with van der Waals surface area (Å²) in [7, 11) is 0. The lowest BCUT2D eigenvalue weighted by atomic mass is 10.1. The first-order valence-electron chi connectivity index (χ1n) is 8.00. The molecule has 4 rings (SSSR count). The predicted molar refractivity (Wildman–Crippen MR) is 90.9 cm³/mol. The molecule has 1 atom stereocenters. The zero-order chi connectivity index (χ0) is 15.8. The predicted octanol–water partition coefficient (Wildman–Crippen LogP) is 4.10. The number of hydrogen-bond donors (Lipinski definition) is 0. The molecule has 2 aromatic rings. The molecule has 1 aromatic carbocycles. The second-order valence-electron chi connectivity index (χ2n) is 6.29. The molecular formula is C17H19Cl2N3O. The van der Waals surface area contributed by atoms with Crippen molar-refractivity contribution in [1.29, 1.82) is 0 Å². The quantitative estimate of drug-likeness (QED) is 0.830. The van der Waals surface area contributed by atoms with Gasteiger partial charge in [0, 0.05) is 31.9 Å². The Kier molecular flexibility index (Phi) is 4.33. The van der Waals surface area contributed by atoms with Crippen molar-refractivity contribution < 1.29 is 4.74 Å². The van der Waals surface area contributed by atoms with Crippen LogP contribution in [0.15, 0.2) is 30.7 Å². The standard InChI is InChI=1S/C17H19Cl2N3O/c18-15-4-1-12(7-16(15)19)17-10-21(5-6-23-17)9-14-8-20-11-22(14)13-2-3-13/h1,4,7-8,11,13,17H,2-3,5-6,9-10H2/t17-/m1/s1. The number of halogens is 2. The Morgan fingerprint density at radius 3 is 2.87 bits per heavy atom. The Morgan fingerprint density at radius 1 is 1.22 bits per heavy atom. The van der Waals surface area contributed by atoms with Gasteiger partial charge in [-0.1, -0.05) is 29.3 Å². The molecule has 2 heterocycles. The number of morpholine rings is 1. The van der Waals surface area contributed by atoms with Gasteiger partial charge in [0.15, 0.2) is 0 Å². The van der Waals surface area contributed by atoms with Crippen LogP contribution in [0.3, 0.4) is 0 Å². The van der Waals surface area contributed by atoms with Crippen LogP contribution in [0.2, 0.25) is 10.0 Å². The highest BCUT2D eigenvalue weighted by Gasteiger charge is 2.27. The van der Waals surface area contributed by atoms with E-state index in [2.05, 4.69) is 14.5 Å². The van der Waals surface area contributed by atoms with E-state index < -0.39 is 0 Å². The van der Waals surface area contributed by atoms with E-state index in [1.165, 1.54) is 18.5 Å². The van der Waals surface area contributed by atoms with Crippen molar-refractivity contribution >= 4 is 23.2 Å². The van der Waals surface area contributed by atoms with Gasteiger partial charge in [0.25, 0.3) is 0 Å². The van der Waals surface area contributed by atoms with Crippen molar-refractivity contribution in [2.24, 2.45) is 0 Å². The van der Waals surface area contributed by atoms with Crippen molar-refractivity contribution in [3.63, 3.8) is 0 Å². The van der Waals surface area contributed by atoms with Crippen molar-refractivity contribution in [3.8, 4) is 0 Å². The maximum absolute atomic E-state index is 6.13. The molecule has 122 valence electrons. The van der Waals surface area contributed by atoms with Gasteiger partial charge in [-0.2, -0.15) is 0 Å². The molecule has 1 aliphatic carbocycles. The second kappa shape index (κ2) is 6.44. The molecule has 6 heteroatoms. The summed E-state index contributed by atoms with van der Waals surface area (Å²) < 4.78 is 8.26. The number of imidazole rings is 1. The fourth-order valence-corrected chi connectivity index (χ4v) is 3.43. The van der Waals surface area contributed by atoms with Crippen LogP contribution in [0.4, 0.5) is 0 Å². The van der Waals surface area contributed by atoms with Crippen molar-refractivity contribution in [2.75, 3.05) is 19.7 Å². The van der Waals surface area contributed by atoms with Crippen LogP contribution in [0.25, 0.3) is 0 Å². The van der Waals surface area contributed by atoms with Crippen LogP contribution in [0, 0.1) is 0 Å². The molecule has 4 nitrogen and oxygen atoms in total. The lowest BCUT2D eigenvalue weighted by Gasteiger charge is -2.33. The minimum atomic E-state index is 0.0378. The second-order valence-corrected chi connectivity index (χ2v) is 7.11. The molecule has 0 unspecified atom stereocenters. The maximum Gasteiger partial charge on any atom is 0.0953 e. The van der Waals surface area contributed by atoms with Gasteiger partial charge >= 0.3 is 0 Å². The van der Waals surface area contributed by atoms with Crippen LogP contribution < -0.4 is 0 Å². The molecule has 1 aliphatic heterocycles. The molecule has 0 radical (unpaired) electrons. The maximum atomic E-state index is 6.13. The Hall–Kier alpha value is -1.07. The normalized spacial score (nSPS) is 22.4. The lowest BCUT2D eigenvalue weighted by Crippen LogP contribution is -2.38. The molecule has 1 saturated carbocycles. The van der Waals surface area contributed by atoms with E-state index >= 15 is 0 Å². The third-order valence-electron chi connectivity index (χ3n) is 4.54. The van der Waals surface area contributed by atoms with Crippen LogP contribution in [-0.4, -0.2) is 34.1 Å². The number of nitrogens with zero attached hydrogens (tertiary/aromatic N) is 3. The first-order valence-corrected chi connectivity index (χ1v) is 8.76. The van der Waals surface area contributed by atoms with Crippen LogP contribution in [0.1, 0.15) is 36.2 Å². The molecule has 23 heavy (non-hydrogen) atoms. The Labute approximate surface area is 146 Å². The summed E-state index contributed by atoms with van der Waals surface area (Å²) in [5, 5.41) is 1.16. The number of benzene rings is 1. The molecule has 0 bridgehead atoms. The van der Waals surface area contributed by atoms with E-state index in [0.717, 1.165) is 31.8 Å². The van der Waals surface area contributed by atoms with Gasteiger partial charge in [-0.05, 0) is 30.5 Å². The summed E-state index contributed by atoms with van der Waals surface area (Å²) in [6.45, 7) is 3.43. The number of rotatable bonds is 4. The summed E-state index contributed by atoms with van der Waals surface area (Å²) >= 11 is 12.1. The van der Waals surface area contributed by atoms with Gasteiger partial charge < -0.3 is 9.30 Å². The summed E-state index contributed by atoms with van der Waals surface area (Å²) in [4.78, 5) is 6.74. The summed E-state index contributed by atoms with van der Waals surface area (Å²) in [6, 6.07) is 6.41. The van der Waals surface area contributed by atoms with Gasteiger partial charge in [-0.3, -0.25) is 4.90 Å². The highest BCUT2D eigenvalue weighted by Crippen LogP contribution is 2.36. The molecule has 1 saturated heterocycles. The Morgan fingerprint density at radius 2 is 2.09 bits per heavy atom. The minimum absolute atomic E-state index is 0.0378. The van der Waals surface area contributed by atoms with E-state index in [9.17, 15) is 0 Å². The lowest BCUT2D eigenvalue weighted by molar-refractivity contribution is -0.0335. The molecule has 0 spiro atoms.